The summed E-state index contributed by atoms with van der Waals surface area (Å²) in [6, 6.07) is 0. The molecule has 2 N–H and O–H groups in total. The predicted molar refractivity (Wildman–Crippen MR) is 70.2 cm³/mol. The number of hydrogen-bond acceptors (Lipinski definition) is 5. The number of nitrogens with two attached hydrogens (primary N) is 1. The molecule has 0 saturated heterocycles. The van der Waals surface area contributed by atoms with Crippen molar-refractivity contribution < 1.29 is 22.3 Å². The summed E-state index contributed by atoms with van der Waals surface area (Å²) in [7, 11) is 0. The number of aryl methyl sites for hydroxylation is 1. The highest BCUT2D eigenvalue weighted by Gasteiger charge is 2.42. The Morgan fingerprint density at radius 1 is 1.38 bits per heavy atom. The third kappa shape index (κ3) is 5.74. The number of aromatic nitrogens is 2. The van der Waals surface area contributed by atoms with E-state index in [1.165, 1.54) is 0 Å². The molecular formula is C13H20F3N3O2. The second kappa shape index (κ2) is 7.44. The molecule has 0 aliphatic heterocycles. The Balaban J connectivity index is 0.00000106. The van der Waals surface area contributed by atoms with Gasteiger partial charge in [-0.2, -0.15) is 0 Å². The van der Waals surface area contributed by atoms with Crippen molar-refractivity contribution in [2.24, 2.45) is 5.73 Å². The van der Waals surface area contributed by atoms with Gasteiger partial charge in [-0.1, -0.05) is 20.4 Å². The number of allylic oxidation sites excluding steroid dienone is 1. The summed E-state index contributed by atoms with van der Waals surface area (Å²) in [5.41, 5.74) is 5.93. The van der Waals surface area contributed by atoms with Crippen molar-refractivity contribution in [3.8, 4) is 0 Å². The van der Waals surface area contributed by atoms with E-state index in [4.69, 9.17) is 10.2 Å². The summed E-state index contributed by atoms with van der Waals surface area (Å²) < 4.78 is 45.1. The Kier molecular flexibility index (Phi) is 6.19. The number of hydrogen-bond donors (Lipinski definition) is 1. The fourth-order valence-corrected chi connectivity index (χ4v) is 1.85. The molecule has 0 amide bonds. The highest BCUT2D eigenvalue weighted by atomic mass is 19.4. The summed E-state index contributed by atoms with van der Waals surface area (Å²) in [5, 5.41) is 7.64. The fourth-order valence-electron chi connectivity index (χ4n) is 1.85. The summed E-state index contributed by atoms with van der Waals surface area (Å²) in [4.78, 5) is 0. The highest BCUT2D eigenvalue weighted by molar-refractivity contribution is 5.01. The van der Waals surface area contributed by atoms with E-state index in [0.29, 0.717) is 30.3 Å². The predicted octanol–water partition coefficient (Wildman–Crippen LogP) is 3.28. The summed E-state index contributed by atoms with van der Waals surface area (Å²) in [6.07, 6.45) is -3.90. The molecule has 120 valence electrons. The van der Waals surface area contributed by atoms with Gasteiger partial charge < -0.3 is 10.2 Å². The summed E-state index contributed by atoms with van der Waals surface area (Å²) in [6.45, 7) is 7.55. The van der Waals surface area contributed by atoms with Crippen LogP contribution in [0.15, 0.2) is 16.7 Å². The van der Waals surface area contributed by atoms with Crippen LogP contribution in [0, 0.1) is 0 Å². The van der Waals surface area contributed by atoms with Gasteiger partial charge in [0, 0.05) is 18.0 Å². The topological polar surface area (TPSA) is 74.2 Å². The lowest BCUT2D eigenvalue weighted by Gasteiger charge is -2.32. The first-order valence-electron chi connectivity index (χ1n) is 6.83. The van der Waals surface area contributed by atoms with Crippen molar-refractivity contribution >= 4 is 0 Å². The maximum Gasteiger partial charge on any atom is 0.522 e. The first-order chi connectivity index (χ1) is 9.83. The van der Waals surface area contributed by atoms with Gasteiger partial charge in [-0.15, -0.1) is 23.4 Å². The fraction of sp³-hybridized carbons (Fsp3) is 0.692. The molecule has 21 heavy (non-hydrogen) atoms. The monoisotopic (exact) mass is 307 g/mol. The summed E-state index contributed by atoms with van der Waals surface area (Å²) >= 11 is 0. The van der Waals surface area contributed by atoms with Crippen molar-refractivity contribution in [3.63, 3.8) is 0 Å². The maximum absolute atomic E-state index is 11.9. The second-order valence-electron chi connectivity index (χ2n) is 4.55. The number of ether oxygens (including phenoxy) is 1. The van der Waals surface area contributed by atoms with E-state index in [-0.39, 0.29) is 18.8 Å². The van der Waals surface area contributed by atoms with Crippen LogP contribution >= 0.6 is 0 Å². The van der Waals surface area contributed by atoms with E-state index < -0.39 is 12.5 Å². The number of halogens is 3. The van der Waals surface area contributed by atoms with Crippen LogP contribution < -0.4 is 5.73 Å². The van der Waals surface area contributed by atoms with Gasteiger partial charge in [0.05, 0.1) is 6.10 Å². The first kappa shape index (κ1) is 17.5. The van der Waals surface area contributed by atoms with Crippen molar-refractivity contribution in [2.75, 3.05) is 0 Å². The third-order valence-corrected chi connectivity index (χ3v) is 2.89. The molecule has 1 aromatic rings. The lowest BCUT2D eigenvalue weighted by molar-refractivity contribution is -0.352. The molecule has 0 spiro atoms. The molecule has 0 radical (unpaired) electrons. The van der Waals surface area contributed by atoms with Crippen LogP contribution in [0.5, 0.6) is 0 Å². The van der Waals surface area contributed by atoms with Gasteiger partial charge in [0.25, 0.3) is 0 Å². The molecular weight excluding hydrogens is 287 g/mol. The molecule has 0 unspecified atom stereocenters. The number of rotatable bonds is 5. The van der Waals surface area contributed by atoms with E-state index in [1.54, 1.807) is 0 Å². The van der Waals surface area contributed by atoms with E-state index >= 15 is 0 Å². The summed E-state index contributed by atoms with van der Waals surface area (Å²) in [5.74, 6) is 0.621. The van der Waals surface area contributed by atoms with Crippen LogP contribution in [-0.2, 0) is 11.2 Å². The van der Waals surface area contributed by atoms with E-state index in [9.17, 15) is 13.2 Å². The molecule has 1 heterocycles. The van der Waals surface area contributed by atoms with Crippen LogP contribution in [0.4, 0.5) is 13.2 Å². The van der Waals surface area contributed by atoms with Gasteiger partial charge in [0.15, 0.2) is 0 Å². The lowest BCUT2D eigenvalue weighted by Crippen LogP contribution is -2.34. The van der Waals surface area contributed by atoms with Crippen molar-refractivity contribution in [1.82, 2.24) is 10.2 Å². The molecule has 5 nitrogen and oxygen atoms in total. The third-order valence-electron chi connectivity index (χ3n) is 2.89. The molecule has 1 aromatic heterocycles. The SMILES string of the molecule is C=C(N)CCc1nnc(C2CC(OC(F)(F)F)C2)o1.CC. The molecule has 8 heteroatoms. The van der Waals surface area contributed by atoms with E-state index in [0.717, 1.165) is 0 Å². The van der Waals surface area contributed by atoms with Gasteiger partial charge >= 0.3 is 6.36 Å². The molecule has 2 rings (SSSR count). The van der Waals surface area contributed by atoms with E-state index in [2.05, 4.69) is 21.5 Å². The minimum absolute atomic E-state index is 0.158. The minimum atomic E-state index is -4.59. The van der Waals surface area contributed by atoms with Gasteiger partial charge in [0.1, 0.15) is 0 Å². The Bertz CT molecular complexity index is 454. The zero-order valence-electron chi connectivity index (χ0n) is 12.1. The molecule has 1 saturated carbocycles. The van der Waals surface area contributed by atoms with Crippen LogP contribution in [0.1, 0.15) is 50.8 Å². The Morgan fingerprint density at radius 2 is 2.00 bits per heavy atom. The average molecular weight is 307 g/mol. The minimum Gasteiger partial charge on any atom is -0.425 e. The normalized spacial score (nSPS) is 21.2. The van der Waals surface area contributed by atoms with Crippen LogP contribution in [0.2, 0.25) is 0 Å². The van der Waals surface area contributed by atoms with Crippen molar-refractivity contribution in [1.29, 1.82) is 0 Å². The lowest BCUT2D eigenvalue weighted by atomic mass is 9.82. The van der Waals surface area contributed by atoms with Crippen molar-refractivity contribution in [2.45, 2.75) is 57.9 Å². The number of nitrogens with zero attached hydrogens (tertiary/aromatic N) is 2. The van der Waals surface area contributed by atoms with Gasteiger partial charge in [0.2, 0.25) is 11.8 Å². The Hall–Kier alpha value is -1.57. The highest BCUT2D eigenvalue weighted by Crippen LogP contribution is 2.40. The molecule has 0 aromatic carbocycles. The van der Waals surface area contributed by atoms with Gasteiger partial charge in [-0.3, -0.25) is 4.74 Å². The maximum atomic E-state index is 11.9. The Morgan fingerprint density at radius 3 is 2.52 bits per heavy atom. The standard InChI is InChI=1S/C11H14F3N3O2.C2H6/c1-6(15)2-3-9-16-17-10(18-9)7-4-8(5-7)19-11(12,13)14;1-2/h7-8H,1-5,15H2;1-2H3. The first-order valence-corrected chi connectivity index (χ1v) is 6.83. The average Bonchev–Trinajstić information content (AvgIpc) is 2.80. The molecule has 0 bridgehead atoms. The molecule has 1 fully saturated rings. The molecule has 1 aliphatic rings. The van der Waals surface area contributed by atoms with Crippen LogP contribution in [0.3, 0.4) is 0 Å². The molecule has 0 atom stereocenters. The number of alkyl halides is 3. The Labute approximate surface area is 121 Å². The second-order valence-corrected chi connectivity index (χ2v) is 4.55. The largest absolute Gasteiger partial charge is 0.522 e. The quantitative estimate of drug-likeness (QED) is 0.903. The van der Waals surface area contributed by atoms with Crippen LogP contribution in [-0.4, -0.2) is 22.7 Å². The van der Waals surface area contributed by atoms with E-state index in [1.807, 2.05) is 13.8 Å². The van der Waals surface area contributed by atoms with Gasteiger partial charge in [-0.25, -0.2) is 0 Å². The zero-order valence-corrected chi connectivity index (χ0v) is 12.1. The zero-order chi connectivity index (χ0) is 16.0. The smallest absolute Gasteiger partial charge is 0.425 e. The molecule has 1 aliphatic carbocycles. The van der Waals surface area contributed by atoms with Crippen molar-refractivity contribution in [3.05, 3.63) is 24.1 Å². The van der Waals surface area contributed by atoms with Gasteiger partial charge in [-0.05, 0) is 19.3 Å². The van der Waals surface area contributed by atoms with Crippen LogP contribution in [0.25, 0.3) is 0 Å².